The Labute approximate surface area is 326 Å². The van der Waals surface area contributed by atoms with E-state index in [0.29, 0.717) is 35.8 Å². The summed E-state index contributed by atoms with van der Waals surface area (Å²) in [5, 5.41) is 6.24. The molecule has 1 unspecified atom stereocenters. The Morgan fingerprint density at radius 2 is 1.64 bits per heavy atom. The fourth-order valence-corrected chi connectivity index (χ4v) is 8.99. The molecule has 290 valence electrons. The average molecular weight is 789 g/mol. The number of hydrogen-bond donors (Lipinski definition) is 3. The van der Waals surface area contributed by atoms with Crippen molar-refractivity contribution in [1.29, 1.82) is 0 Å². The topological polar surface area (TPSA) is 160 Å². The lowest BCUT2D eigenvalue weighted by Crippen LogP contribution is -2.61. The highest BCUT2D eigenvalue weighted by atomic mass is 35.5. The first-order valence-electron chi connectivity index (χ1n) is 18.9. The van der Waals surface area contributed by atoms with Gasteiger partial charge in [0.15, 0.2) is 0 Å². The Kier molecular flexibility index (Phi) is 11.5. The monoisotopic (exact) mass is 788 g/mol. The molecule has 0 aromatic heterocycles. The van der Waals surface area contributed by atoms with Gasteiger partial charge in [-0.05, 0) is 105 Å². The summed E-state index contributed by atoms with van der Waals surface area (Å²) in [6.45, 7) is 0.0461. The number of sulfonamides is 1. The number of rotatable bonds is 7. The van der Waals surface area contributed by atoms with Crippen LogP contribution in [0, 0.1) is 5.92 Å². The standard InChI is InChI=1S/C41H45ClN4O8S/c42-30-13-11-16-32(24-30)53-33-21-20-27-26-46-36(23-28(27)22-33)37(47)44-41(39(49)45-55(51,52)34-17-6-4-7-18-34)25-29(41)12-5-2-1-3-8-19-35(38(46)48)43-40(50)54-31-14-9-10-15-31/h4-7,11-13,16-18,20-22,24,29,31,35-36H,1-3,8-10,14-15,19,23,25-26H2,(H,43,50)(H,44,47)(H,45,49)/t29-,35+,36?,41-/m1/s1. The summed E-state index contributed by atoms with van der Waals surface area (Å²) in [6, 6.07) is 17.9. The smallest absolute Gasteiger partial charge is 0.408 e. The van der Waals surface area contributed by atoms with Crippen LogP contribution >= 0.6 is 11.6 Å². The third kappa shape index (κ3) is 8.99. The summed E-state index contributed by atoms with van der Waals surface area (Å²) in [5.74, 6) is -1.36. The number of halogens is 1. The Balaban J connectivity index is 1.20. The molecule has 12 nitrogen and oxygen atoms in total. The van der Waals surface area contributed by atoms with E-state index in [1.54, 1.807) is 48.5 Å². The maximum absolute atomic E-state index is 14.6. The number of benzene rings is 3. The van der Waals surface area contributed by atoms with Crippen LogP contribution in [0.1, 0.15) is 75.3 Å². The summed E-state index contributed by atoms with van der Waals surface area (Å²) in [7, 11) is -4.25. The van der Waals surface area contributed by atoms with E-state index in [9.17, 15) is 27.6 Å². The molecule has 0 spiro atoms. The van der Waals surface area contributed by atoms with Crippen LogP contribution in [-0.2, 0) is 42.1 Å². The third-order valence-electron chi connectivity index (χ3n) is 10.9. The summed E-state index contributed by atoms with van der Waals surface area (Å²) in [4.78, 5) is 57.7. The molecule has 3 aromatic rings. The molecule has 14 heteroatoms. The molecule has 2 aliphatic carbocycles. The number of carbonyl (C=O) groups is 4. The molecular formula is C41H45ClN4O8S. The van der Waals surface area contributed by atoms with Crippen LogP contribution in [0.3, 0.4) is 0 Å². The number of fused-ring (bicyclic) bond motifs is 3. The molecule has 2 heterocycles. The van der Waals surface area contributed by atoms with Crippen LogP contribution in [0.5, 0.6) is 11.5 Å². The van der Waals surface area contributed by atoms with Crippen LogP contribution in [0.15, 0.2) is 89.8 Å². The first-order chi connectivity index (χ1) is 26.5. The van der Waals surface area contributed by atoms with Gasteiger partial charge in [0.1, 0.15) is 35.2 Å². The van der Waals surface area contributed by atoms with Crippen molar-refractivity contribution in [3.8, 4) is 11.5 Å². The van der Waals surface area contributed by atoms with Crippen molar-refractivity contribution in [2.75, 3.05) is 0 Å². The average Bonchev–Trinajstić information content (AvgIpc) is 3.61. The van der Waals surface area contributed by atoms with Gasteiger partial charge < -0.3 is 25.0 Å². The number of nitrogens with zero attached hydrogens (tertiary/aromatic N) is 1. The van der Waals surface area contributed by atoms with Gasteiger partial charge in [-0.1, -0.05) is 66.9 Å². The van der Waals surface area contributed by atoms with Crippen molar-refractivity contribution < 1.29 is 37.1 Å². The van der Waals surface area contributed by atoms with Crippen LogP contribution < -0.4 is 20.1 Å². The molecule has 2 saturated carbocycles. The van der Waals surface area contributed by atoms with E-state index in [1.807, 2.05) is 24.3 Å². The highest BCUT2D eigenvalue weighted by molar-refractivity contribution is 7.90. The molecule has 0 radical (unpaired) electrons. The molecule has 4 aliphatic rings. The highest BCUT2D eigenvalue weighted by Crippen LogP contribution is 2.46. The van der Waals surface area contributed by atoms with Crippen LogP contribution in [0.4, 0.5) is 4.79 Å². The lowest BCUT2D eigenvalue weighted by Gasteiger charge is -2.39. The molecular weight excluding hydrogens is 744 g/mol. The minimum absolute atomic E-state index is 0.0461. The van der Waals surface area contributed by atoms with E-state index in [-0.39, 0.29) is 30.4 Å². The first-order valence-corrected chi connectivity index (χ1v) is 20.8. The Morgan fingerprint density at radius 1 is 0.873 bits per heavy atom. The predicted octanol–water partition coefficient (Wildman–Crippen LogP) is 6.32. The number of allylic oxidation sites excluding steroid dienone is 1. The lowest BCUT2D eigenvalue weighted by molar-refractivity contribution is -0.144. The van der Waals surface area contributed by atoms with Crippen LogP contribution in [-0.4, -0.2) is 60.9 Å². The second kappa shape index (κ2) is 16.5. The molecule has 0 bridgehead atoms. The fourth-order valence-electron chi connectivity index (χ4n) is 7.75. The summed E-state index contributed by atoms with van der Waals surface area (Å²) >= 11 is 6.17. The molecule has 0 saturated heterocycles. The summed E-state index contributed by atoms with van der Waals surface area (Å²) in [5.41, 5.74) is -0.0240. The molecule has 7 rings (SSSR count). The molecule has 3 N–H and O–H groups in total. The summed E-state index contributed by atoms with van der Waals surface area (Å²) in [6.07, 6.45) is 9.93. The van der Waals surface area contributed by atoms with Crippen LogP contribution in [0.25, 0.3) is 0 Å². The van der Waals surface area contributed by atoms with Crippen molar-refractivity contribution in [2.24, 2.45) is 5.92 Å². The lowest BCUT2D eigenvalue weighted by atomic mass is 9.91. The van der Waals surface area contributed by atoms with Crippen molar-refractivity contribution in [3.05, 3.63) is 101 Å². The van der Waals surface area contributed by atoms with E-state index in [2.05, 4.69) is 15.4 Å². The van der Waals surface area contributed by atoms with Gasteiger partial charge in [0.2, 0.25) is 11.8 Å². The number of nitrogens with one attached hydrogen (secondary N) is 3. The molecule has 4 atom stereocenters. The van der Waals surface area contributed by atoms with Crippen molar-refractivity contribution in [2.45, 2.75) is 106 Å². The van der Waals surface area contributed by atoms with Gasteiger partial charge in [0.05, 0.1) is 4.90 Å². The van der Waals surface area contributed by atoms with E-state index >= 15 is 0 Å². The maximum Gasteiger partial charge on any atom is 0.408 e. The molecule has 4 amide bonds. The Hall–Kier alpha value is -4.88. The number of carbonyl (C=O) groups excluding carboxylic acids is 4. The number of hydrogen-bond acceptors (Lipinski definition) is 8. The third-order valence-corrected chi connectivity index (χ3v) is 12.5. The van der Waals surface area contributed by atoms with E-state index in [4.69, 9.17) is 21.1 Å². The maximum atomic E-state index is 14.6. The zero-order valence-corrected chi connectivity index (χ0v) is 31.9. The van der Waals surface area contributed by atoms with Crippen molar-refractivity contribution in [1.82, 2.24) is 20.3 Å². The highest BCUT2D eigenvalue weighted by Gasteiger charge is 2.61. The Morgan fingerprint density at radius 3 is 2.42 bits per heavy atom. The van der Waals surface area contributed by atoms with Gasteiger partial charge in [0, 0.05) is 23.9 Å². The summed E-state index contributed by atoms with van der Waals surface area (Å²) < 4.78 is 40.5. The van der Waals surface area contributed by atoms with Gasteiger partial charge in [-0.3, -0.25) is 14.4 Å². The van der Waals surface area contributed by atoms with Gasteiger partial charge in [0.25, 0.3) is 15.9 Å². The van der Waals surface area contributed by atoms with Gasteiger partial charge in [-0.25, -0.2) is 17.9 Å². The van der Waals surface area contributed by atoms with Crippen molar-refractivity contribution in [3.63, 3.8) is 0 Å². The van der Waals surface area contributed by atoms with Gasteiger partial charge in [-0.2, -0.15) is 0 Å². The largest absolute Gasteiger partial charge is 0.457 e. The van der Waals surface area contributed by atoms with E-state index in [0.717, 1.165) is 49.7 Å². The van der Waals surface area contributed by atoms with Gasteiger partial charge >= 0.3 is 6.09 Å². The number of alkyl carbamates (subject to hydrolysis) is 1. The normalized spacial score (nSPS) is 24.5. The zero-order valence-electron chi connectivity index (χ0n) is 30.4. The zero-order chi connectivity index (χ0) is 38.6. The van der Waals surface area contributed by atoms with E-state index in [1.165, 1.54) is 17.0 Å². The first kappa shape index (κ1) is 38.4. The van der Waals surface area contributed by atoms with Crippen LogP contribution in [0.2, 0.25) is 5.02 Å². The minimum atomic E-state index is -4.25. The van der Waals surface area contributed by atoms with E-state index < -0.39 is 57.4 Å². The minimum Gasteiger partial charge on any atom is -0.457 e. The van der Waals surface area contributed by atoms with Crippen molar-refractivity contribution >= 4 is 45.4 Å². The number of amides is 4. The molecule has 3 aromatic carbocycles. The second-order valence-electron chi connectivity index (χ2n) is 14.8. The quantitative estimate of drug-likeness (QED) is 0.235. The fraction of sp³-hybridized carbons (Fsp3) is 0.415. The second-order valence-corrected chi connectivity index (χ2v) is 16.9. The SMILES string of the molecule is O=C(N[C@H]1CCCCCC=C[C@@H]2C[C@@]2(C(=O)NS(=O)(=O)c2ccccc2)NC(=O)C2Cc3cc(Oc4cccc(Cl)c4)ccc3CN2C1=O)OC1CCCC1. The predicted molar refractivity (Wildman–Crippen MR) is 205 cm³/mol. The van der Waals surface area contributed by atoms with Gasteiger partial charge in [-0.15, -0.1) is 0 Å². The molecule has 2 fully saturated rings. The number of ether oxygens (including phenoxy) is 2. The molecule has 2 aliphatic heterocycles. The molecule has 55 heavy (non-hydrogen) atoms. The Bertz CT molecular complexity index is 2070.